The lowest BCUT2D eigenvalue weighted by Gasteiger charge is -2.04. The molecule has 0 heterocycles. The number of unbranched alkanes of at least 4 members (excludes halogenated alkanes) is 2. The van der Waals surface area contributed by atoms with Crippen LogP contribution < -0.4 is 11.1 Å². The van der Waals surface area contributed by atoms with Gasteiger partial charge >= 0.3 is 0 Å². The highest BCUT2D eigenvalue weighted by molar-refractivity contribution is 5.39. The van der Waals surface area contributed by atoms with Gasteiger partial charge in [0.1, 0.15) is 0 Å². The fourth-order valence-corrected chi connectivity index (χ4v) is 1.54. The predicted octanol–water partition coefficient (Wildman–Crippen LogP) is 2.59. The maximum atomic E-state index is 5.62. The maximum Gasteiger partial charge on any atom is 0.0314 e. The van der Waals surface area contributed by atoms with Gasteiger partial charge < -0.3 is 11.1 Å². The minimum Gasteiger partial charge on any atom is -0.399 e. The molecular weight excluding hydrogens is 184 g/mol. The van der Waals surface area contributed by atoms with Gasteiger partial charge in [-0.1, -0.05) is 31.9 Å². The van der Waals surface area contributed by atoms with Gasteiger partial charge in [0, 0.05) is 5.69 Å². The van der Waals surface area contributed by atoms with Crippen molar-refractivity contribution in [3.05, 3.63) is 29.8 Å². The minimum atomic E-state index is 0.842. The van der Waals surface area contributed by atoms with Crippen LogP contribution in [0.3, 0.4) is 0 Å². The first-order valence-corrected chi connectivity index (χ1v) is 5.88. The Morgan fingerprint density at radius 2 is 1.80 bits per heavy atom. The summed E-state index contributed by atoms with van der Waals surface area (Å²) in [7, 11) is 0. The highest BCUT2D eigenvalue weighted by atomic mass is 14.8. The van der Waals surface area contributed by atoms with Crippen molar-refractivity contribution in [1.29, 1.82) is 0 Å². The second-order valence-electron chi connectivity index (χ2n) is 3.95. The van der Waals surface area contributed by atoms with E-state index in [-0.39, 0.29) is 0 Å². The fraction of sp³-hybridized carbons (Fsp3) is 0.538. The third-order valence-electron chi connectivity index (χ3n) is 2.53. The van der Waals surface area contributed by atoms with Gasteiger partial charge in [-0.2, -0.15) is 0 Å². The van der Waals surface area contributed by atoms with Crippen LogP contribution in [0.4, 0.5) is 5.69 Å². The Kier molecular flexibility index (Phi) is 5.86. The standard InChI is InChI=1S/C13H22N2/c1-2-3-4-10-15-11-9-12-5-7-13(14)8-6-12/h5-8,15H,2-4,9-11,14H2,1H3. The first-order chi connectivity index (χ1) is 7.33. The Labute approximate surface area is 92.9 Å². The summed E-state index contributed by atoms with van der Waals surface area (Å²) in [6, 6.07) is 8.13. The van der Waals surface area contributed by atoms with Crippen LogP contribution in [0.25, 0.3) is 0 Å². The molecule has 0 atom stereocenters. The van der Waals surface area contributed by atoms with Crippen LogP contribution >= 0.6 is 0 Å². The summed E-state index contributed by atoms with van der Waals surface area (Å²) in [5.41, 5.74) is 7.82. The zero-order valence-electron chi connectivity index (χ0n) is 9.63. The van der Waals surface area contributed by atoms with Crippen molar-refractivity contribution in [2.75, 3.05) is 18.8 Å². The van der Waals surface area contributed by atoms with Crippen LogP contribution in [-0.4, -0.2) is 13.1 Å². The van der Waals surface area contributed by atoms with E-state index in [0.29, 0.717) is 0 Å². The molecule has 0 spiro atoms. The molecule has 1 aromatic carbocycles. The van der Waals surface area contributed by atoms with Crippen LogP contribution in [0.2, 0.25) is 0 Å². The second-order valence-corrected chi connectivity index (χ2v) is 3.95. The molecule has 2 nitrogen and oxygen atoms in total. The first kappa shape index (κ1) is 12.1. The van der Waals surface area contributed by atoms with E-state index in [2.05, 4.69) is 24.4 Å². The van der Waals surface area contributed by atoms with Gasteiger partial charge in [0.2, 0.25) is 0 Å². The van der Waals surface area contributed by atoms with E-state index < -0.39 is 0 Å². The molecule has 1 aromatic rings. The van der Waals surface area contributed by atoms with Crippen LogP contribution in [0, 0.1) is 0 Å². The van der Waals surface area contributed by atoms with Crippen molar-refractivity contribution in [2.24, 2.45) is 0 Å². The lowest BCUT2D eigenvalue weighted by atomic mass is 10.1. The normalized spacial score (nSPS) is 10.5. The second kappa shape index (κ2) is 7.30. The lowest BCUT2D eigenvalue weighted by Crippen LogP contribution is -2.18. The molecule has 0 radical (unpaired) electrons. The lowest BCUT2D eigenvalue weighted by molar-refractivity contribution is 0.617. The maximum absolute atomic E-state index is 5.62. The van der Waals surface area contributed by atoms with E-state index in [0.717, 1.165) is 25.2 Å². The molecule has 2 heteroatoms. The smallest absolute Gasteiger partial charge is 0.0314 e. The number of hydrogen-bond donors (Lipinski definition) is 2. The van der Waals surface area contributed by atoms with Gasteiger partial charge in [-0.25, -0.2) is 0 Å². The number of nitrogens with one attached hydrogen (secondary N) is 1. The molecule has 1 rings (SSSR count). The Bertz CT molecular complexity index is 254. The third-order valence-corrected chi connectivity index (χ3v) is 2.53. The van der Waals surface area contributed by atoms with Crippen molar-refractivity contribution < 1.29 is 0 Å². The van der Waals surface area contributed by atoms with Gasteiger partial charge in [0.05, 0.1) is 0 Å². The van der Waals surface area contributed by atoms with Gasteiger partial charge in [-0.15, -0.1) is 0 Å². The summed E-state index contributed by atoms with van der Waals surface area (Å²) < 4.78 is 0. The number of rotatable bonds is 7. The zero-order chi connectivity index (χ0) is 10.9. The van der Waals surface area contributed by atoms with Crippen molar-refractivity contribution >= 4 is 5.69 Å². The SMILES string of the molecule is CCCCCNCCc1ccc(N)cc1. The quantitative estimate of drug-likeness (QED) is 0.531. The number of anilines is 1. The molecule has 84 valence electrons. The van der Waals surface area contributed by atoms with Crippen molar-refractivity contribution in [3.63, 3.8) is 0 Å². The topological polar surface area (TPSA) is 38.0 Å². The molecule has 0 amide bonds. The molecule has 0 aliphatic rings. The molecule has 0 bridgehead atoms. The van der Waals surface area contributed by atoms with E-state index in [1.807, 2.05) is 12.1 Å². The summed E-state index contributed by atoms with van der Waals surface area (Å²) in [5.74, 6) is 0. The van der Waals surface area contributed by atoms with Crippen LogP contribution in [0.15, 0.2) is 24.3 Å². The minimum absolute atomic E-state index is 0.842. The highest BCUT2D eigenvalue weighted by Gasteiger charge is 1.92. The van der Waals surface area contributed by atoms with Crippen LogP contribution in [-0.2, 0) is 6.42 Å². The van der Waals surface area contributed by atoms with Crippen LogP contribution in [0.5, 0.6) is 0 Å². The summed E-state index contributed by atoms with van der Waals surface area (Å²) in [6.07, 6.45) is 5.00. The molecule has 0 saturated heterocycles. The largest absolute Gasteiger partial charge is 0.399 e. The fourth-order valence-electron chi connectivity index (χ4n) is 1.54. The highest BCUT2D eigenvalue weighted by Crippen LogP contribution is 2.05. The van der Waals surface area contributed by atoms with Gasteiger partial charge in [0.15, 0.2) is 0 Å². The van der Waals surface area contributed by atoms with E-state index in [4.69, 9.17) is 5.73 Å². The van der Waals surface area contributed by atoms with Gasteiger partial charge in [-0.3, -0.25) is 0 Å². The average molecular weight is 206 g/mol. The zero-order valence-corrected chi connectivity index (χ0v) is 9.63. The number of hydrogen-bond acceptors (Lipinski definition) is 2. The van der Waals surface area contributed by atoms with E-state index in [1.165, 1.54) is 24.8 Å². The van der Waals surface area contributed by atoms with Gasteiger partial charge in [0.25, 0.3) is 0 Å². The van der Waals surface area contributed by atoms with Crippen molar-refractivity contribution in [2.45, 2.75) is 32.6 Å². The molecule has 0 saturated carbocycles. The Morgan fingerprint density at radius 1 is 1.07 bits per heavy atom. The average Bonchev–Trinajstić information content (AvgIpc) is 2.26. The Balaban J connectivity index is 2.07. The van der Waals surface area contributed by atoms with Crippen molar-refractivity contribution in [1.82, 2.24) is 5.32 Å². The summed E-state index contributed by atoms with van der Waals surface area (Å²) in [4.78, 5) is 0. The van der Waals surface area contributed by atoms with Gasteiger partial charge in [-0.05, 0) is 43.6 Å². The van der Waals surface area contributed by atoms with Crippen molar-refractivity contribution in [3.8, 4) is 0 Å². The monoisotopic (exact) mass is 206 g/mol. The predicted molar refractivity (Wildman–Crippen MR) is 67.0 cm³/mol. The number of benzene rings is 1. The van der Waals surface area contributed by atoms with E-state index in [9.17, 15) is 0 Å². The molecule has 15 heavy (non-hydrogen) atoms. The molecule has 0 aliphatic heterocycles. The third kappa shape index (κ3) is 5.43. The molecule has 0 aromatic heterocycles. The number of nitrogen functional groups attached to an aromatic ring is 1. The summed E-state index contributed by atoms with van der Waals surface area (Å²) >= 11 is 0. The summed E-state index contributed by atoms with van der Waals surface area (Å²) in [6.45, 7) is 4.44. The Morgan fingerprint density at radius 3 is 2.47 bits per heavy atom. The van der Waals surface area contributed by atoms with E-state index >= 15 is 0 Å². The molecular formula is C13H22N2. The molecule has 0 unspecified atom stereocenters. The molecule has 0 fully saturated rings. The summed E-state index contributed by atoms with van der Waals surface area (Å²) in [5, 5.41) is 3.45. The Hall–Kier alpha value is -1.02. The molecule has 0 aliphatic carbocycles. The van der Waals surface area contributed by atoms with E-state index in [1.54, 1.807) is 0 Å². The first-order valence-electron chi connectivity index (χ1n) is 5.88. The molecule has 3 N–H and O–H groups in total. The van der Waals surface area contributed by atoms with Crippen LogP contribution in [0.1, 0.15) is 31.7 Å². The number of nitrogens with two attached hydrogens (primary N) is 1.